The number of pyridine rings is 1. The molecular formula is C21H31N5O2. The molecule has 1 fully saturated rings. The van der Waals surface area contributed by atoms with E-state index in [-0.39, 0.29) is 6.04 Å². The number of morpholine rings is 1. The van der Waals surface area contributed by atoms with E-state index < -0.39 is 0 Å². The third-order valence-corrected chi connectivity index (χ3v) is 4.74. The van der Waals surface area contributed by atoms with Gasteiger partial charge in [0.1, 0.15) is 11.5 Å². The second-order valence-electron chi connectivity index (χ2n) is 6.83. The summed E-state index contributed by atoms with van der Waals surface area (Å²) in [5, 5.41) is 6.74. The van der Waals surface area contributed by atoms with Crippen LogP contribution in [0.2, 0.25) is 0 Å². The van der Waals surface area contributed by atoms with Crippen LogP contribution in [0.5, 0.6) is 0 Å². The van der Waals surface area contributed by atoms with Crippen molar-refractivity contribution in [3.63, 3.8) is 0 Å². The maximum atomic E-state index is 5.93. The highest BCUT2D eigenvalue weighted by molar-refractivity contribution is 5.79. The predicted octanol–water partition coefficient (Wildman–Crippen LogP) is 2.15. The number of hydrogen-bond donors (Lipinski definition) is 2. The van der Waals surface area contributed by atoms with E-state index in [1.54, 1.807) is 0 Å². The Balaban J connectivity index is 1.63. The number of aliphatic imine (C=N–C) groups is 1. The third kappa shape index (κ3) is 6.07. The van der Waals surface area contributed by atoms with Gasteiger partial charge in [-0.1, -0.05) is 6.07 Å². The Bertz CT molecular complexity index is 725. The van der Waals surface area contributed by atoms with Crippen molar-refractivity contribution in [2.45, 2.75) is 26.3 Å². The minimum atomic E-state index is 0.115. The summed E-state index contributed by atoms with van der Waals surface area (Å²) >= 11 is 0. The van der Waals surface area contributed by atoms with Gasteiger partial charge in [0.15, 0.2) is 5.96 Å². The van der Waals surface area contributed by atoms with Crippen molar-refractivity contribution in [1.29, 1.82) is 0 Å². The molecule has 1 aliphatic heterocycles. The molecule has 0 radical (unpaired) electrons. The van der Waals surface area contributed by atoms with Gasteiger partial charge >= 0.3 is 0 Å². The van der Waals surface area contributed by atoms with Crippen molar-refractivity contribution in [1.82, 2.24) is 20.5 Å². The second-order valence-corrected chi connectivity index (χ2v) is 6.83. The molecular weight excluding hydrogens is 354 g/mol. The zero-order valence-corrected chi connectivity index (χ0v) is 16.9. The molecule has 3 rings (SSSR count). The first kappa shape index (κ1) is 20.4. The van der Waals surface area contributed by atoms with Gasteiger partial charge in [0, 0.05) is 44.5 Å². The van der Waals surface area contributed by atoms with Gasteiger partial charge in [-0.15, -0.1) is 0 Å². The number of hydrogen-bond acceptors (Lipinski definition) is 5. The number of ether oxygens (including phenoxy) is 1. The van der Waals surface area contributed by atoms with E-state index in [1.165, 1.54) is 0 Å². The Hall–Kier alpha value is -2.38. The van der Waals surface area contributed by atoms with Gasteiger partial charge in [-0.2, -0.15) is 0 Å². The van der Waals surface area contributed by atoms with Crippen LogP contribution in [0.15, 0.2) is 45.9 Å². The molecule has 3 heterocycles. The fourth-order valence-electron chi connectivity index (χ4n) is 3.28. The van der Waals surface area contributed by atoms with Crippen LogP contribution in [-0.2, 0) is 11.2 Å². The molecule has 7 nitrogen and oxygen atoms in total. The molecule has 1 saturated heterocycles. The largest absolute Gasteiger partial charge is 0.465 e. The molecule has 1 aliphatic rings. The van der Waals surface area contributed by atoms with Crippen molar-refractivity contribution in [3.8, 4) is 0 Å². The summed E-state index contributed by atoms with van der Waals surface area (Å²) in [5.41, 5.74) is 1.07. The van der Waals surface area contributed by atoms with E-state index >= 15 is 0 Å². The zero-order valence-electron chi connectivity index (χ0n) is 16.9. The molecule has 0 aromatic carbocycles. The molecule has 0 saturated carbocycles. The normalized spacial score (nSPS) is 16.7. The monoisotopic (exact) mass is 385 g/mol. The smallest absolute Gasteiger partial charge is 0.191 e. The number of aryl methyl sites for hydroxylation is 1. The number of nitrogens with one attached hydrogen (secondary N) is 2. The second kappa shape index (κ2) is 10.8. The van der Waals surface area contributed by atoms with Crippen molar-refractivity contribution in [3.05, 3.63) is 53.7 Å². The SMILES string of the molecule is CCNC(=NCC(c1ccc(C)o1)N1CCOCC1)NCCc1ccccn1. The van der Waals surface area contributed by atoms with E-state index in [2.05, 4.69) is 33.5 Å². The first-order valence-corrected chi connectivity index (χ1v) is 10.1. The van der Waals surface area contributed by atoms with Gasteiger partial charge in [-0.25, -0.2) is 0 Å². The maximum Gasteiger partial charge on any atom is 0.191 e. The highest BCUT2D eigenvalue weighted by atomic mass is 16.5. The van der Waals surface area contributed by atoms with Gasteiger partial charge in [0.2, 0.25) is 0 Å². The molecule has 0 amide bonds. The Labute approximate surface area is 167 Å². The summed E-state index contributed by atoms with van der Waals surface area (Å²) in [6.45, 7) is 9.57. The zero-order chi connectivity index (χ0) is 19.6. The van der Waals surface area contributed by atoms with E-state index in [1.807, 2.05) is 37.4 Å². The molecule has 2 aromatic rings. The molecule has 0 spiro atoms. The van der Waals surface area contributed by atoms with E-state index in [9.17, 15) is 0 Å². The predicted molar refractivity (Wildman–Crippen MR) is 111 cm³/mol. The van der Waals surface area contributed by atoms with Gasteiger partial charge in [-0.3, -0.25) is 14.9 Å². The average molecular weight is 386 g/mol. The fourth-order valence-corrected chi connectivity index (χ4v) is 3.28. The highest BCUT2D eigenvalue weighted by Gasteiger charge is 2.25. The lowest BCUT2D eigenvalue weighted by atomic mass is 10.1. The van der Waals surface area contributed by atoms with Crippen LogP contribution in [0.3, 0.4) is 0 Å². The number of aromatic nitrogens is 1. The first-order chi connectivity index (χ1) is 13.8. The van der Waals surface area contributed by atoms with Crippen LogP contribution in [0.25, 0.3) is 0 Å². The van der Waals surface area contributed by atoms with Crippen molar-refractivity contribution in [2.24, 2.45) is 4.99 Å². The Morgan fingerprint density at radius 3 is 2.75 bits per heavy atom. The van der Waals surface area contributed by atoms with Gasteiger partial charge in [0.05, 0.1) is 25.8 Å². The highest BCUT2D eigenvalue weighted by Crippen LogP contribution is 2.24. The summed E-state index contributed by atoms with van der Waals surface area (Å²) in [4.78, 5) is 11.6. The number of rotatable bonds is 8. The Morgan fingerprint density at radius 2 is 2.07 bits per heavy atom. The lowest BCUT2D eigenvalue weighted by molar-refractivity contribution is 0.0135. The molecule has 152 valence electrons. The number of guanidine groups is 1. The minimum absolute atomic E-state index is 0.115. The van der Waals surface area contributed by atoms with E-state index in [0.717, 1.165) is 69.0 Å². The van der Waals surface area contributed by atoms with Crippen LogP contribution in [0, 0.1) is 6.92 Å². The molecule has 0 bridgehead atoms. The first-order valence-electron chi connectivity index (χ1n) is 10.1. The summed E-state index contributed by atoms with van der Waals surface area (Å²) in [6, 6.07) is 10.2. The van der Waals surface area contributed by atoms with Crippen LogP contribution in [0.4, 0.5) is 0 Å². The van der Waals surface area contributed by atoms with Gasteiger partial charge in [-0.05, 0) is 38.1 Å². The van der Waals surface area contributed by atoms with Gasteiger partial charge < -0.3 is 19.8 Å². The summed E-state index contributed by atoms with van der Waals surface area (Å²) < 4.78 is 11.4. The van der Waals surface area contributed by atoms with E-state index in [0.29, 0.717) is 6.54 Å². The number of furan rings is 1. The molecule has 1 atom stereocenters. The Kier molecular flexibility index (Phi) is 7.87. The molecule has 1 unspecified atom stereocenters. The van der Waals surface area contributed by atoms with Crippen LogP contribution >= 0.6 is 0 Å². The van der Waals surface area contributed by atoms with Gasteiger partial charge in [0.25, 0.3) is 0 Å². The van der Waals surface area contributed by atoms with Crippen molar-refractivity contribution in [2.75, 3.05) is 45.9 Å². The van der Waals surface area contributed by atoms with Crippen LogP contribution < -0.4 is 10.6 Å². The number of nitrogens with zero attached hydrogens (tertiary/aromatic N) is 3. The van der Waals surface area contributed by atoms with E-state index in [4.69, 9.17) is 14.1 Å². The average Bonchev–Trinajstić information content (AvgIpc) is 3.16. The summed E-state index contributed by atoms with van der Waals surface area (Å²) in [6.07, 6.45) is 2.68. The molecule has 2 aromatic heterocycles. The summed E-state index contributed by atoms with van der Waals surface area (Å²) in [5.74, 6) is 2.71. The minimum Gasteiger partial charge on any atom is -0.465 e. The van der Waals surface area contributed by atoms with Crippen LogP contribution in [0.1, 0.15) is 30.2 Å². The third-order valence-electron chi connectivity index (χ3n) is 4.74. The molecule has 7 heteroatoms. The topological polar surface area (TPSA) is 74.9 Å². The van der Waals surface area contributed by atoms with Crippen molar-refractivity contribution >= 4 is 5.96 Å². The standard InChI is InChI=1S/C21H31N5O2/c1-3-22-21(24-11-9-18-6-4-5-10-23-18)25-16-19(20-8-7-17(2)28-20)26-12-14-27-15-13-26/h4-8,10,19H,3,9,11-16H2,1-2H3,(H2,22,24,25). The van der Waals surface area contributed by atoms with Crippen LogP contribution in [-0.4, -0.2) is 61.8 Å². The quantitative estimate of drug-likeness (QED) is 0.536. The summed E-state index contributed by atoms with van der Waals surface area (Å²) in [7, 11) is 0. The van der Waals surface area contributed by atoms with Crippen molar-refractivity contribution < 1.29 is 9.15 Å². The maximum absolute atomic E-state index is 5.93. The molecule has 0 aliphatic carbocycles. The lowest BCUT2D eigenvalue weighted by Crippen LogP contribution is -2.42. The molecule has 2 N–H and O–H groups in total. The molecule has 28 heavy (non-hydrogen) atoms. The fraction of sp³-hybridized carbons (Fsp3) is 0.524. The Morgan fingerprint density at radius 1 is 1.21 bits per heavy atom. The lowest BCUT2D eigenvalue weighted by Gasteiger charge is -2.32.